The molecule has 1 fully saturated rings. The van der Waals surface area contributed by atoms with E-state index in [9.17, 15) is 4.39 Å². The molecule has 0 unspecified atom stereocenters. The molecule has 0 spiro atoms. The summed E-state index contributed by atoms with van der Waals surface area (Å²) in [5.41, 5.74) is 1.15. The number of rotatable bonds is 2. The molecule has 0 radical (unpaired) electrons. The highest BCUT2D eigenvalue weighted by Crippen LogP contribution is 2.48. The fourth-order valence-corrected chi connectivity index (χ4v) is 3.94. The molecule has 2 aliphatic rings. The van der Waals surface area contributed by atoms with E-state index in [4.69, 9.17) is 21.7 Å². The molecule has 2 atom stereocenters. The summed E-state index contributed by atoms with van der Waals surface area (Å²) in [6, 6.07) is 12.1. The minimum absolute atomic E-state index is 0.0537. The van der Waals surface area contributed by atoms with E-state index in [0.29, 0.717) is 17.3 Å². The van der Waals surface area contributed by atoms with Gasteiger partial charge in [0.25, 0.3) is 0 Å². The first-order valence-electron chi connectivity index (χ1n) is 7.74. The van der Waals surface area contributed by atoms with Crippen molar-refractivity contribution in [2.45, 2.75) is 25.1 Å². The van der Waals surface area contributed by atoms with Crippen LogP contribution in [0, 0.1) is 5.82 Å². The van der Waals surface area contributed by atoms with Gasteiger partial charge in [-0.1, -0.05) is 12.1 Å². The van der Waals surface area contributed by atoms with E-state index in [2.05, 4.69) is 5.32 Å². The van der Waals surface area contributed by atoms with Crippen molar-refractivity contribution in [1.29, 1.82) is 0 Å². The normalized spacial score (nSPS) is 24.7. The summed E-state index contributed by atoms with van der Waals surface area (Å²) < 4.78 is 25.1. The van der Waals surface area contributed by atoms with Gasteiger partial charge in [0.1, 0.15) is 5.82 Å². The van der Waals surface area contributed by atoms with E-state index in [-0.39, 0.29) is 11.9 Å². The first-order chi connectivity index (χ1) is 11.5. The lowest BCUT2D eigenvalue weighted by molar-refractivity contribution is 0.0464. The van der Waals surface area contributed by atoms with Crippen molar-refractivity contribution < 1.29 is 13.9 Å². The number of hydrogen-bond acceptors (Lipinski definition) is 3. The number of para-hydroxylation sites is 1. The molecule has 124 valence electrons. The molecule has 1 saturated heterocycles. The summed E-state index contributed by atoms with van der Waals surface area (Å²) >= 11 is 5.57. The van der Waals surface area contributed by atoms with Crippen LogP contribution in [0.2, 0.25) is 0 Å². The summed E-state index contributed by atoms with van der Waals surface area (Å²) in [6.45, 7) is 1.99. The number of anilines is 1. The number of halogens is 1. The number of hydrogen-bond donors (Lipinski definition) is 1. The molecule has 1 N–H and O–H groups in total. The minimum atomic E-state index is -0.674. The molecule has 0 aromatic heterocycles. The zero-order valence-corrected chi connectivity index (χ0v) is 14.2. The van der Waals surface area contributed by atoms with E-state index >= 15 is 0 Å². The molecule has 0 amide bonds. The first kappa shape index (κ1) is 15.2. The third-order valence-electron chi connectivity index (χ3n) is 4.57. The van der Waals surface area contributed by atoms with E-state index in [0.717, 1.165) is 17.0 Å². The maximum Gasteiger partial charge on any atom is 0.188 e. The Morgan fingerprint density at radius 3 is 2.75 bits per heavy atom. The lowest BCUT2D eigenvalue weighted by atomic mass is 9.90. The molecule has 4 nitrogen and oxygen atoms in total. The van der Waals surface area contributed by atoms with E-state index < -0.39 is 5.72 Å². The van der Waals surface area contributed by atoms with Crippen LogP contribution in [-0.2, 0) is 0 Å². The Labute approximate surface area is 145 Å². The predicted octanol–water partition coefficient (Wildman–Crippen LogP) is 3.77. The molecule has 6 heteroatoms. The van der Waals surface area contributed by atoms with E-state index in [1.54, 1.807) is 19.2 Å². The van der Waals surface area contributed by atoms with Gasteiger partial charge in [-0.15, -0.1) is 0 Å². The van der Waals surface area contributed by atoms with Crippen LogP contribution in [-0.4, -0.2) is 17.9 Å². The Kier molecular flexibility index (Phi) is 3.38. The van der Waals surface area contributed by atoms with Crippen molar-refractivity contribution >= 4 is 23.0 Å². The molecule has 2 aliphatic heterocycles. The van der Waals surface area contributed by atoms with Crippen LogP contribution in [0.1, 0.15) is 24.9 Å². The average Bonchev–Trinajstić information content (AvgIpc) is 2.55. The predicted molar refractivity (Wildman–Crippen MR) is 94.0 cm³/mol. The molecular formula is C18H17FN2O2S. The van der Waals surface area contributed by atoms with Crippen molar-refractivity contribution in [2.24, 2.45) is 0 Å². The van der Waals surface area contributed by atoms with Gasteiger partial charge < -0.3 is 14.8 Å². The minimum Gasteiger partial charge on any atom is -0.493 e. The largest absolute Gasteiger partial charge is 0.493 e. The maximum atomic E-state index is 13.3. The van der Waals surface area contributed by atoms with Crippen molar-refractivity contribution in [3.05, 3.63) is 53.8 Å². The lowest BCUT2D eigenvalue weighted by Gasteiger charge is -2.52. The Hall–Kier alpha value is -2.34. The number of thiocarbonyl (C=S) groups is 1. The molecule has 24 heavy (non-hydrogen) atoms. The highest BCUT2D eigenvalue weighted by molar-refractivity contribution is 7.80. The van der Waals surface area contributed by atoms with E-state index in [1.807, 2.05) is 30.0 Å². The van der Waals surface area contributed by atoms with Gasteiger partial charge in [0.15, 0.2) is 22.3 Å². The SMILES string of the molecule is COc1cccc2c1O[C@]1(C)C[C@@H]2NC(=S)N1c1ccc(F)cc1. The summed E-state index contributed by atoms with van der Waals surface area (Å²) in [5.74, 6) is 1.13. The molecule has 2 aromatic rings. The van der Waals surface area contributed by atoms with Crippen molar-refractivity contribution in [2.75, 3.05) is 12.0 Å². The molecule has 0 saturated carbocycles. The van der Waals surface area contributed by atoms with Crippen LogP contribution in [0.15, 0.2) is 42.5 Å². The fraction of sp³-hybridized carbons (Fsp3) is 0.278. The van der Waals surface area contributed by atoms with Gasteiger partial charge >= 0.3 is 0 Å². The first-order valence-corrected chi connectivity index (χ1v) is 8.15. The van der Waals surface area contributed by atoms with Gasteiger partial charge in [-0.05, 0) is 49.5 Å². The number of methoxy groups -OCH3 is 1. The van der Waals surface area contributed by atoms with Crippen LogP contribution < -0.4 is 19.7 Å². The number of benzene rings is 2. The van der Waals surface area contributed by atoms with Gasteiger partial charge in [-0.25, -0.2) is 4.39 Å². The molecule has 4 rings (SSSR count). The summed E-state index contributed by atoms with van der Waals surface area (Å²) in [7, 11) is 1.63. The average molecular weight is 344 g/mol. The highest BCUT2D eigenvalue weighted by Gasteiger charge is 2.49. The van der Waals surface area contributed by atoms with Gasteiger partial charge in [-0.2, -0.15) is 0 Å². The maximum absolute atomic E-state index is 13.3. The topological polar surface area (TPSA) is 33.7 Å². The van der Waals surface area contributed by atoms with Gasteiger partial charge in [0, 0.05) is 17.7 Å². The molecule has 2 bridgehead atoms. The van der Waals surface area contributed by atoms with Crippen molar-refractivity contribution in [3.8, 4) is 11.5 Å². The van der Waals surface area contributed by atoms with Crippen LogP contribution >= 0.6 is 12.2 Å². The lowest BCUT2D eigenvalue weighted by Crippen LogP contribution is -2.65. The van der Waals surface area contributed by atoms with Gasteiger partial charge in [-0.3, -0.25) is 4.90 Å². The molecular weight excluding hydrogens is 327 g/mol. The standard InChI is InChI=1S/C18H17FN2O2S/c1-18-10-14(13-4-3-5-15(22-2)16(13)23-18)20-17(24)21(18)12-8-6-11(19)7-9-12/h3-9,14H,10H2,1-2H3,(H,20,24)/t14-,18+/m0/s1. The monoisotopic (exact) mass is 344 g/mol. The van der Waals surface area contributed by atoms with Crippen molar-refractivity contribution in [1.82, 2.24) is 5.32 Å². The smallest absolute Gasteiger partial charge is 0.188 e. The summed E-state index contributed by atoms with van der Waals surface area (Å²) in [4.78, 5) is 1.90. The highest BCUT2D eigenvalue weighted by atomic mass is 32.1. The van der Waals surface area contributed by atoms with Gasteiger partial charge in [0.2, 0.25) is 0 Å². The van der Waals surface area contributed by atoms with Crippen LogP contribution in [0.25, 0.3) is 0 Å². The second-order valence-electron chi connectivity index (χ2n) is 6.17. The molecule has 0 aliphatic carbocycles. The summed E-state index contributed by atoms with van der Waals surface area (Å²) in [5, 5.41) is 3.94. The number of nitrogens with zero attached hydrogens (tertiary/aromatic N) is 1. The van der Waals surface area contributed by atoms with Crippen LogP contribution in [0.5, 0.6) is 11.5 Å². The number of ether oxygens (including phenoxy) is 2. The van der Waals surface area contributed by atoms with Gasteiger partial charge in [0.05, 0.1) is 13.2 Å². The number of nitrogens with one attached hydrogen (secondary N) is 1. The molecule has 2 heterocycles. The zero-order valence-electron chi connectivity index (χ0n) is 13.4. The second-order valence-corrected chi connectivity index (χ2v) is 6.56. The Balaban J connectivity index is 1.81. The third-order valence-corrected chi connectivity index (χ3v) is 4.87. The zero-order chi connectivity index (χ0) is 16.9. The Morgan fingerprint density at radius 1 is 1.29 bits per heavy atom. The summed E-state index contributed by atoms with van der Waals surface area (Å²) in [6.07, 6.45) is 0.713. The quantitative estimate of drug-likeness (QED) is 0.839. The second kappa shape index (κ2) is 5.34. The van der Waals surface area contributed by atoms with E-state index in [1.165, 1.54) is 12.1 Å². The third kappa shape index (κ3) is 2.21. The number of fused-ring (bicyclic) bond motifs is 4. The fourth-order valence-electron chi connectivity index (χ4n) is 3.50. The Morgan fingerprint density at radius 2 is 2.04 bits per heavy atom. The molecule has 2 aromatic carbocycles. The Bertz CT molecular complexity index is 811. The van der Waals surface area contributed by atoms with Crippen LogP contribution in [0.4, 0.5) is 10.1 Å². The van der Waals surface area contributed by atoms with Crippen molar-refractivity contribution in [3.63, 3.8) is 0 Å². The van der Waals surface area contributed by atoms with Crippen LogP contribution in [0.3, 0.4) is 0 Å².